The number of hydrogen-bond donors (Lipinski definition) is 0. The van der Waals surface area contributed by atoms with Gasteiger partial charge in [0.05, 0.1) is 0 Å². The lowest BCUT2D eigenvalue weighted by molar-refractivity contribution is -0.159. The first-order valence-corrected chi connectivity index (χ1v) is 6.26. The van der Waals surface area contributed by atoms with E-state index in [9.17, 15) is 4.79 Å². The van der Waals surface area contributed by atoms with Crippen LogP contribution in [0.25, 0.3) is 0 Å². The average Bonchev–Trinajstić information content (AvgIpc) is 2.18. The topological polar surface area (TPSA) is 26.3 Å². The van der Waals surface area contributed by atoms with Crippen molar-refractivity contribution in [1.82, 2.24) is 0 Å². The highest BCUT2D eigenvalue weighted by Crippen LogP contribution is 2.31. The Morgan fingerprint density at radius 1 is 1.38 bits per heavy atom. The molecule has 0 aromatic carbocycles. The standard InChI is InChI=1S/C14H26O2/c1-7-9-12(5)14(6,10-8-2)16-13(15)11(3)4/h12H,3,7-10H2,1-2,4-6H3. The molecule has 2 atom stereocenters. The highest BCUT2D eigenvalue weighted by atomic mass is 16.6. The van der Waals surface area contributed by atoms with E-state index < -0.39 is 0 Å². The molecule has 0 radical (unpaired) electrons. The molecule has 2 nitrogen and oxygen atoms in total. The molecular formula is C14H26O2. The minimum Gasteiger partial charge on any atom is -0.456 e. The molecule has 94 valence electrons. The summed E-state index contributed by atoms with van der Waals surface area (Å²) in [6, 6.07) is 0. The molecule has 0 aliphatic rings. The van der Waals surface area contributed by atoms with Gasteiger partial charge in [-0.1, -0.05) is 40.2 Å². The maximum Gasteiger partial charge on any atom is 0.333 e. The van der Waals surface area contributed by atoms with Gasteiger partial charge >= 0.3 is 5.97 Å². The second-order valence-corrected chi connectivity index (χ2v) is 4.92. The van der Waals surface area contributed by atoms with Gasteiger partial charge in [-0.3, -0.25) is 0 Å². The van der Waals surface area contributed by atoms with Crippen LogP contribution in [0, 0.1) is 5.92 Å². The molecule has 0 spiro atoms. The van der Waals surface area contributed by atoms with Crippen molar-refractivity contribution < 1.29 is 9.53 Å². The number of ether oxygens (including phenoxy) is 1. The summed E-state index contributed by atoms with van der Waals surface area (Å²) in [5, 5.41) is 0. The van der Waals surface area contributed by atoms with Crippen molar-refractivity contribution in [2.45, 2.75) is 65.9 Å². The van der Waals surface area contributed by atoms with E-state index in [0.29, 0.717) is 11.5 Å². The Morgan fingerprint density at radius 2 is 1.94 bits per heavy atom. The van der Waals surface area contributed by atoms with E-state index in [1.807, 2.05) is 6.92 Å². The van der Waals surface area contributed by atoms with Gasteiger partial charge in [0.15, 0.2) is 0 Å². The zero-order chi connectivity index (χ0) is 12.8. The summed E-state index contributed by atoms with van der Waals surface area (Å²) >= 11 is 0. The number of rotatable bonds is 7. The van der Waals surface area contributed by atoms with E-state index in [2.05, 4.69) is 27.4 Å². The average molecular weight is 226 g/mol. The van der Waals surface area contributed by atoms with Gasteiger partial charge < -0.3 is 4.74 Å². The number of hydrogen-bond acceptors (Lipinski definition) is 2. The Hall–Kier alpha value is -0.790. The summed E-state index contributed by atoms with van der Waals surface area (Å²) in [6.07, 6.45) is 4.13. The smallest absolute Gasteiger partial charge is 0.333 e. The molecule has 0 rings (SSSR count). The second kappa shape index (κ2) is 6.72. The van der Waals surface area contributed by atoms with Crippen molar-refractivity contribution in [3.63, 3.8) is 0 Å². The van der Waals surface area contributed by atoms with Crippen LogP contribution in [0.1, 0.15) is 60.3 Å². The van der Waals surface area contributed by atoms with Crippen molar-refractivity contribution in [2.75, 3.05) is 0 Å². The summed E-state index contributed by atoms with van der Waals surface area (Å²) in [7, 11) is 0. The van der Waals surface area contributed by atoms with E-state index in [-0.39, 0.29) is 11.6 Å². The summed E-state index contributed by atoms with van der Waals surface area (Å²) in [4.78, 5) is 11.6. The molecule has 0 aromatic rings. The molecule has 16 heavy (non-hydrogen) atoms. The largest absolute Gasteiger partial charge is 0.456 e. The van der Waals surface area contributed by atoms with Gasteiger partial charge in [-0.2, -0.15) is 0 Å². The van der Waals surface area contributed by atoms with Crippen molar-refractivity contribution >= 4 is 5.97 Å². The van der Waals surface area contributed by atoms with Crippen LogP contribution in [-0.4, -0.2) is 11.6 Å². The molecule has 0 N–H and O–H groups in total. The minimum absolute atomic E-state index is 0.265. The van der Waals surface area contributed by atoms with Crippen molar-refractivity contribution in [1.29, 1.82) is 0 Å². The zero-order valence-electron chi connectivity index (χ0n) is 11.4. The van der Waals surface area contributed by atoms with Crippen LogP contribution in [0.15, 0.2) is 12.2 Å². The van der Waals surface area contributed by atoms with Crippen molar-refractivity contribution in [3.8, 4) is 0 Å². The molecule has 2 heteroatoms. The quantitative estimate of drug-likeness (QED) is 0.482. The molecule has 0 saturated carbocycles. The molecule has 0 bridgehead atoms. The van der Waals surface area contributed by atoms with E-state index in [0.717, 1.165) is 25.7 Å². The maximum atomic E-state index is 11.6. The third kappa shape index (κ3) is 4.38. The van der Waals surface area contributed by atoms with Gasteiger partial charge in [-0.25, -0.2) is 4.79 Å². The predicted octanol–water partition coefficient (Wildman–Crippen LogP) is 4.10. The lowest BCUT2D eigenvalue weighted by Gasteiger charge is -2.35. The van der Waals surface area contributed by atoms with E-state index >= 15 is 0 Å². The first-order valence-electron chi connectivity index (χ1n) is 6.26. The Balaban J connectivity index is 4.67. The van der Waals surface area contributed by atoms with Crippen LogP contribution in [0.2, 0.25) is 0 Å². The van der Waals surface area contributed by atoms with Gasteiger partial charge in [-0.05, 0) is 32.6 Å². The van der Waals surface area contributed by atoms with E-state index in [1.165, 1.54) is 0 Å². The summed E-state index contributed by atoms with van der Waals surface area (Å²) in [6.45, 7) is 13.8. The van der Waals surface area contributed by atoms with Crippen LogP contribution < -0.4 is 0 Å². The fourth-order valence-corrected chi connectivity index (χ4v) is 1.93. The van der Waals surface area contributed by atoms with Crippen LogP contribution in [0.4, 0.5) is 0 Å². The van der Waals surface area contributed by atoms with Crippen molar-refractivity contribution in [2.24, 2.45) is 5.92 Å². The highest BCUT2D eigenvalue weighted by molar-refractivity contribution is 5.87. The Kier molecular flexibility index (Phi) is 6.39. The number of carbonyl (C=O) groups is 1. The monoisotopic (exact) mass is 226 g/mol. The molecular weight excluding hydrogens is 200 g/mol. The zero-order valence-corrected chi connectivity index (χ0v) is 11.4. The lowest BCUT2D eigenvalue weighted by atomic mass is 9.83. The Labute approximate surface area is 100 Å². The predicted molar refractivity (Wildman–Crippen MR) is 68.3 cm³/mol. The van der Waals surface area contributed by atoms with Crippen molar-refractivity contribution in [3.05, 3.63) is 12.2 Å². The highest BCUT2D eigenvalue weighted by Gasteiger charge is 2.33. The summed E-state index contributed by atoms with van der Waals surface area (Å²) in [5.41, 5.74) is 0.131. The summed E-state index contributed by atoms with van der Waals surface area (Å²) in [5.74, 6) is 0.125. The molecule has 0 aromatic heterocycles. The first-order chi connectivity index (χ1) is 7.37. The number of esters is 1. The van der Waals surface area contributed by atoms with Crippen LogP contribution in [0.5, 0.6) is 0 Å². The van der Waals surface area contributed by atoms with Crippen LogP contribution >= 0.6 is 0 Å². The van der Waals surface area contributed by atoms with Gasteiger partial charge in [0.1, 0.15) is 5.60 Å². The molecule has 0 fully saturated rings. The Bertz CT molecular complexity index is 245. The van der Waals surface area contributed by atoms with Gasteiger partial charge in [0.25, 0.3) is 0 Å². The summed E-state index contributed by atoms with van der Waals surface area (Å²) < 4.78 is 5.62. The third-order valence-electron chi connectivity index (χ3n) is 3.18. The fourth-order valence-electron chi connectivity index (χ4n) is 1.93. The third-order valence-corrected chi connectivity index (χ3v) is 3.18. The first kappa shape index (κ1) is 15.2. The molecule has 0 heterocycles. The van der Waals surface area contributed by atoms with Crippen LogP contribution in [-0.2, 0) is 9.53 Å². The van der Waals surface area contributed by atoms with Gasteiger partial charge in [0.2, 0.25) is 0 Å². The molecule has 0 amide bonds. The van der Waals surface area contributed by atoms with E-state index in [1.54, 1.807) is 6.92 Å². The van der Waals surface area contributed by atoms with E-state index in [4.69, 9.17) is 4.74 Å². The SMILES string of the molecule is C=C(C)C(=O)OC(C)(CCC)C(C)CCC. The minimum atomic E-state index is -0.346. The second-order valence-electron chi connectivity index (χ2n) is 4.92. The maximum absolute atomic E-state index is 11.6. The lowest BCUT2D eigenvalue weighted by Crippen LogP contribution is -2.38. The normalized spacial score (nSPS) is 16.3. The molecule has 0 saturated heterocycles. The molecule has 2 unspecified atom stereocenters. The van der Waals surface area contributed by atoms with Gasteiger partial charge in [-0.15, -0.1) is 0 Å². The molecule has 0 aliphatic heterocycles. The fraction of sp³-hybridized carbons (Fsp3) is 0.786. The van der Waals surface area contributed by atoms with Crippen LogP contribution in [0.3, 0.4) is 0 Å². The Morgan fingerprint density at radius 3 is 2.31 bits per heavy atom. The van der Waals surface area contributed by atoms with Gasteiger partial charge in [0, 0.05) is 5.57 Å². The molecule has 0 aliphatic carbocycles. The number of carbonyl (C=O) groups excluding carboxylic acids is 1.